The summed E-state index contributed by atoms with van der Waals surface area (Å²) in [6.07, 6.45) is 5.35. The average molecular weight is 258 g/mol. The number of nitrogens with one attached hydrogen (secondary N) is 1. The highest BCUT2D eigenvalue weighted by Gasteiger charge is 2.16. The molecule has 2 aromatic rings. The van der Waals surface area contributed by atoms with Crippen molar-refractivity contribution in [1.29, 1.82) is 0 Å². The Labute approximate surface area is 112 Å². The molecule has 19 heavy (non-hydrogen) atoms. The molecule has 4 nitrogen and oxygen atoms in total. The van der Waals surface area contributed by atoms with Crippen molar-refractivity contribution >= 4 is 16.8 Å². The molecule has 0 bridgehead atoms. The summed E-state index contributed by atoms with van der Waals surface area (Å²) in [5, 5.41) is 1.10. The number of aromatic amines is 1. The number of hydrogen-bond acceptors (Lipinski definition) is 2. The fraction of sp³-hybridized carbons (Fsp3) is 0.400. The summed E-state index contributed by atoms with van der Waals surface area (Å²) >= 11 is 0. The number of fused-ring (bicyclic) bond motifs is 1. The maximum atomic E-state index is 12.0. The van der Waals surface area contributed by atoms with E-state index in [0.29, 0.717) is 0 Å². The molecule has 0 unspecified atom stereocenters. The van der Waals surface area contributed by atoms with Crippen LogP contribution in [0.5, 0.6) is 5.75 Å². The van der Waals surface area contributed by atoms with Crippen LogP contribution >= 0.6 is 0 Å². The number of ether oxygens (including phenoxy) is 1. The van der Waals surface area contributed by atoms with E-state index in [4.69, 9.17) is 4.74 Å². The molecule has 0 radical (unpaired) electrons. The lowest BCUT2D eigenvalue weighted by Crippen LogP contribution is -2.38. The Bertz CT molecular complexity index is 570. The maximum absolute atomic E-state index is 12.0. The van der Waals surface area contributed by atoms with Crippen LogP contribution in [0.25, 0.3) is 10.9 Å². The Balaban J connectivity index is 1.60. The Morgan fingerprint density at radius 2 is 2.05 bits per heavy atom. The van der Waals surface area contributed by atoms with E-state index in [1.807, 2.05) is 35.4 Å². The first-order chi connectivity index (χ1) is 9.33. The summed E-state index contributed by atoms with van der Waals surface area (Å²) in [6, 6.07) is 7.81. The molecule has 1 aromatic carbocycles. The standard InChI is InChI=1S/C15H18N2O2/c18-15(17-8-2-1-3-9-17)11-19-13-4-5-14-12(10-13)6-7-16-14/h4-7,10,16H,1-3,8-9,11H2. The van der Waals surface area contributed by atoms with Crippen molar-refractivity contribution < 1.29 is 9.53 Å². The molecular weight excluding hydrogens is 240 g/mol. The molecule has 3 rings (SSSR count). The van der Waals surface area contributed by atoms with Crippen LogP contribution in [0.4, 0.5) is 0 Å². The molecule has 1 aromatic heterocycles. The van der Waals surface area contributed by atoms with E-state index in [2.05, 4.69) is 4.98 Å². The van der Waals surface area contributed by atoms with Crippen LogP contribution in [0.1, 0.15) is 19.3 Å². The predicted molar refractivity (Wildman–Crippen MR) is 74.2 cm³/mol. The Morgan fingerprint density at radius 3 is 2.89 bits per heavy atom. The molecule has 1 aliphatic heterocycles. The topological polar surface area (TPSA) is 45.3 Å². The van der Waals surface area contributed by atoms with Crippen molar-refractivity contribution in [2.24, 2.45) is 0 Å². The van der Waals surface area contributed by atoms with Crippen molar-refractivity contribution in [3.05, 3.63) is 30.5 Å². The largest absolute Gasteiger partial charge is 0.484 e. The third-order valence-electron chi connectivity index (χ3n) is 3.60. The SMILES string of the molecule is O=C(COc1ccc2[nH]ccc2c1)N1CCCCC1. The highest BCUT2D eigenvalue weighted by molar-refractivity contribution is 5.81. The van der Waals surface area contributed by atoms with E-state index >= 15 is 0 Å². The molecule has 1 fully saturated rings. The molecule has 1 N–H and O–H groups in total. The van der Waals surface area contributed by atoms with Crippen molar-refractivity contribution in [1.82, 2.24) is 9.88 Å². The molecule has 0 saturated carbocycles. The van der Waals surface area contributed by atoms with Gasteiger partial charge < -0.3 is 14.6 Å². The van der Waals surface area contributed by atoms with Crippen molar-refractivity contribution in [3.63, 3.8) is 0 Å². The van der Waals surface area contributed by atoms with Gasteiger partial charge in [-0.1, -0.05) is 0 Å². The molecular formula is C15H18N2O2. The molecule has 0 spiro atoms. The molecule has 2 heterocycles. The van der Waals surface area contributed by atoms with Crippen LogP contribution in [0, 0.1) is 0 Å². The van der Waals surface area contributed by atoms with E-state index in [-0.39, 0.29) is 12.5 Å². The summed E-state index contributed by atoms with van der Waals surface area (Å²) in [5.74, 6) is 0.839. The molecule has 100 valence electrons. The maximum Gasteiger partial charge on any atom is 0.260 e. The first kappa shape index (κ1) is 12.1. The van der Waals surface area contributed by atoms with Gasteiger partial charge in [-0.05, 0) is 43.5 Å². The van der Waals surface area contributed by atoms with Gasteiger partial charge in [-0.3, -0.25) is 4.79 Å². The molecule has 0 atom stereocenters. The van der Waals surface area contributed by atoms with E-state index in [0.717, 1.165) is 42.6 Å². The fourth-order valence-corrected chi connectivity index (χ4v) is 2.50. The molecule has 1 amide bonds. The quantitative estimate of drug-likeness (QED) is 0.919. The van der Waals surface area contributed by atoms with Gasteiger partial charge in [0.1, 0.15) is 5.75 Å². The van der Waals surface area contributed by atoms with Crippen molar-refractivity contribution in [3.8, 4) is 5.75 Å². The van der Waals surface area contributed by atoms with Crippen LogP contribution in [0.3, 0.4) is 0 Å². The number of amides is 1. The number of nitrogens with zero attached hydrogens (tertiary/aromatic N) is 1. The molecule has 4 heteroatoms. The summed E-state index contributed by atoms with van der Waals surface area (Å²) in [7, 11) is 0. The summed E-state index contributed by atoms with van der Waals surface area (Å²) in [5.41, 5.74) is 1.08. The van der Waals surface area contributed by atoms with Crippen LogP contribution in [0.15, 0.2) is 30.5 Å². The van der Waals surface area contributed by atoms with Crippen molar-refractivity contribution in [2.45, 2.75) is 19.3 Å². The monoisotopic (exact) mass is 258 g/mol. The number of hydrogen-bond donors (Lipinski definition) is 1. The van der Waals surface area contributed by atoms with Gasteiger partial charge in [0, 0.05) is 30.2 Å². The Morgan fingerprint density at radius 1 is 1.21 bits per heavy atom. The molecule has 0 aliphatic carbocycles. The zero-order chi connectivity index (χ0) is 13.1. The minimum absolute atomic E-state index is 0.0915. The van der Waals surface area contributed by atoms with Gasteiger partial charge in [0.2, 0.25) is 0 Å². The first-order valence-electron chi connectivity index (χ1n) is 6.81. The number of benzene rings is 1. The third-order valence-corrected chi connectivity index (χ3v) is 3.60. The summed E-state index contributed by atoms with van der Waals surface area (Å²) in [4.78, 5) is 17.0. The molecule has 1 saturated heterocycles. The Hall–Kier alpha value is -1.97. The number of likely N-dealkylation sites (tertiary alicyclic amines) is 1. The number of piperidine rings is 1. The number of aromatic nitrogens is 1. The van der Waals surface area contributed by atoms with Crippen LogP contribution in [0.2, 0.25) is 0 Å². The van der Waals surface area contributed by atoms with Gasteiger partial charge in [0.05, 0.1) is 0 Å². The lowest BCUT2D eigenvalue weighted by molar-refractivity contribution is -0.134. The zero-order valence-electron chi connectivity index (χ0n) is 10.9. The second-order valence-corrected chi connectivity index (χ2v) is 4.96. The second-order valence-electron chi connectivity index (χ2n) is 4.96. The lowest BCUT2D eigenvalue weighted by atomic mass is 10.1. The Kier molecular flexibility index (Phi) is 3.40. The highest BCUT2D eigenvalue weighted by Crippen LogP contribution is 2.19. The van der Waals surface area contributed by atoms with Gasteiger partial charge in [0.25, 0.3) is 5.91 Å². The average Bonchev–Trinajstić information content (AvgIpc) is 2.93. The van der Waals surface area contributed by atoms with Gasteiger partial charge >= 0.3 is 0 Å². The molecule has 1 aliphatic rings. The van der Waals surface area contributed by atoms with Gasteiger partial charge in [-0.2, -0.15) is 0 Å². The fourth-order valence-electron chi connectivity index (χ4n) is 2.50. The van der Waals surface area contributed by atoms with Gasteiger partial charge in [-0.25, -0.2) is 0 Å². The zero-order valence-corrected chi connectivity index (χ0v) is 10.9. The number of carbonyl (C=O) groups is 1. The highest BCUT2D eigenvalue weighted by atomic mass is 16.5. The van der Waals surface area contributed by atoms with Gasteiger partial charge in [-0.15, -0.1) is 0 Å². The van der Waals surface area contributed by atoms with Crippen LogP contribution < -0.4 is 4.74 Å². The third kappa shape index (κ3) is 2.72. The van der Waals surface area contributed by atoms with Crippen LogP contribution in [-0.4, -0.2) is 35.5 Å². The lowest BCUT2D eigenvalue weighted by Gasteiger charge is -2.26. The summed E-state index contributed by atoms with van der Waals surface area (Å²) < 4.78 is 5.59. The van der Waals surface area contributed by atoms with Crippen LogP contribution in [-0.2, 0) is 4.79 Å². The normalized spacial score (nSPS) is 15.7. The van der Waals surface area contributed by atoms with Crippen molar-refractivity contribution in [2.75, 3.05) is 19.7 Å². The van der Waals surface area contributed by atoms with E-state index in [1.54, 1.807) is 0 Å². The van der Waals surface area contributed by atoms with E-state index in [9.17, 15) is 4.79 Å². The smallest absolute Gasteiger partial charge is 0.260 e. The first-order valence-corrected chi connectivity index (χ1v) is 6.81. The minimum Gasteiger partial charge on any atom is -0.484 e. The van der Waals surface area contributed by atoms with Gasteiger partial charge in [0.15, 0.2) is 6.61 Å². The predicted octanol–water partition coefficient (Wildman–Crippen LogP) is 2.56. The number of rotatable bonds is 3. The summed E-state index contributed by atoms with van der Waals surface area (Å²) in [6.45, 7) is 1.88. The number of H-pyrrole nitrogens is 1. The second kappa shape index (κ2) is 5.34. The number of carbonyl (C=O) groups excluding carboxylic acids is 1. The minimum atomic E-state index is 0.0915. The van der Waals surface area contributed by atoms with E-state index < -0.39 is 0 Å². The van der Waals surface area contributed by atoms with E-state index in [1.165, 1.54) is 6.42 Å².